The zero-order valence-electron chi connectivity index (χ0n) is 9.52. The Morgan fingerprint density at radius 1 is 1.53 bits per heavy atom. The highest BCUT2D eigenvalue weighted by atomic mass is 32.1. The molecule has 1 saturated carbocycles. The van der Waals surface area contributed by atoms with Gasteiger partial charge in [0, 0.05) is 5.92 Å². The summed E-state index contributed by atoms with van der Waals surface area (Å²) in [4.78, 5) is 6.10. The Labute approximate surface area is 108 Å². The maximum atomic E-state index is 5.40. The molecule has 90 valence electrons. The minimum absolute atomic E-state index is 0.326. The van der Waals surface area contributed by atoms with Crippen molar-refractivity contribution in [1.82, 2.24) is 15.2 Å². The Morgan fingerprint density at radius 2 is 2.35 bits per heavy atom. The third-order valence-electron chi connectivity index (χ3n) is 2.76. The Bertz CT molecular complexity index is 580. The summed E-state index contributed by atoms with van der Waals surface area (Å²) in [6.45, 7) is 2.16. The smallest absolute Gasteiger partial charge is 0.284 e. The molecule has 17 heavy (non-hydrogen) atoms. The number of nitrogens with one attached hydrogen (secondary N) is 1. The van der Waals surface area contributed by atoms with Gasteiger partial charge in [-0.3, -0.25) is 0 Å². The van der Waals surface area contributed by atoms with Crippen LogP contribution < -0.4 is 0 Å². The van der Waals surface area contributed by atoms with Gasteiger partial charge in [-0.1, -0.05) is 6.92 Å². The van der Waals surface area contributed by atoms with E-state index >= 15 is 0 Å². The molecule has 0 amide bonds. The van der Waals surface area contributed by atoms with Gasteiger partial charge in [-0.2, -0.15) is 0 Å². The molecule has 2 aromatic rings. The minimum Gasteiger partial charge on any atom is -0.408 e. The van der Waals surface area contributed by atoms with E-state index in [2.05, 4.69) is 17.1 Å². The van der Waals surface area contributed by atoms with Gasteiger partial charge in [0.25, 0.3) is 10.7 Å². The molecule has 0 aromatic carbocycles. The molecular weight excluding hydrogens is 254 g/mol. The van der Waals surface area contributed by atoms with Gasteiger partial charge in [0.05, 0.1) is 10.7 Å². The molecule has 6 heteroatoms. The molecule has 1 aliphatic rings. The van der Waals surface area contributed by atoms with Crippen molar-refractivity contribution in [3.63, 3.8) is 0 Å². The van der Waals surface area contributed by atoms with Crippen LogP contribution in [0, 0.1) is 4.84 Å². The second-order valence-electron chi connectivity index (χ2n) is 4.26. The van der Waals surface area contributed by atoms with E-state index in [-0.39, 0.29) is 0 Å². The van der Waals surface area contributed by atoms with Crippen molar-refractivity contribution >= 4 is 23.6 Å². The maximum absolute atomic E-state index is 5.40. The number of nitrogens with zero attached hydrogens (tertiary/aromatic N) is 2. The lowest BCUT2D eigenvalue weighted by Gasteiger charge is -1.92. The molecule has 1 N–H and O–H groups in total. The van der Waals surface area contributed by atoms with Crippen LogP contribution in [0.3, 0.4) is 0 Å². The van der Waals surface area contributed by atoms with E-state index in [4.69, 9.17) is 21.6 Å². The largest absolute Gasteiger partial charge is 0.408 e. The van der Waals surface area contributed by atoms with E-state index in [1.165, 1.54) is 17.8 Å². The van der Waals surface area contributed by atoms with Crippen LogP contribution in [0.5, 0.6) is 0 Å². The van der Waals surface area contributed by atoms with E-state index in [1.54, 1.807) is 11.3 Å². The third kappa shape index (κ3) is 2.19. The summed E-state index contributed by atoms with van der Waals surface area (Å²) in [6, 6.07) is 0. The standard InChI is InChI=1S/C11H13N3OS2/c1-2-3-7-12-8(6-4-5-6)9(17-7)10-13-14-11(16)15-10/h6H,2-5H2,1H3,(H,14,16). The summed E-state index contributed by atoms with van der Waals surface area (Å²) in [5, 5.41) is 7.95. The van der Waals surface area contributed by atoms with Gasteiger partial charge in [0.2, 0.25) is 0 Å². The van der Waals surface area contributed by atoms with E-state index in [0.29, 0.717) is 16.6 Å². The minimum atomic E-state index is 0.326. The Hall–Kier alpha value is -1.01. The lowest BCUT2D eigenvalue weighted by Crippen LogP contribution is -1.86. The third-order valence-corrected chi connectivity index (χ3v) is 4.05. The number of thiazole rings is 1. The Balaban J connectivity index is 2.04. The first-order chi connectivity index (χ1) is 8.28. The first kappa shape index (κ1) is 11.1. The van der Waals surface area contributed by atoms with Gasteiger partial charge in [-0.25, -0.2) is 10.1 Å². The molecule has 1 aliphatic carbocycles. The molecule has 4 nitrogen and oxygen atoms in total. The van der Waals surface area contributed by atoms with Crippen LogP contribution in [-0.2, 0) is 6.42 Å². The monoisotopic (exact) mass is 267 g/mol. The lowest BCUT2D eigenvalue weighted by atomic mass is 10.2. The van der Waals surface area contributed by atoms with Gasteiger partial charge in [-0.05, 0) is 37.9 Å². The van der Waals surface area contributed by atoms with E-state index in [9.17, 15) is 0 Å². The zero-order chi connectivity index (χ0) is 11.8. The molecule has 0 aliphatic heterocycles. The first-order valence-electron chi connectivity index (χ1n) is 5.83. The second kappa shape index (κ2) is 4.34. The fourth-order valence-electron chi connectivity index (χ4n) is 1.81. The van der Waals surface area contributed by atoms with Gasteiger partial charge in [-0.15, -0.1) is 16.4 Å². The maximum Gasteiger partial charge on any atom is 0.284 e. The molecule has 0 saturated heterocycles. The predicted molar refractivity (Wildman–Crippen MR) is 68.8 cm³/mol. The highest BCUT2D eigenvalue weighted by Crippen LogP contribution is 2.45. The van der Waals surface area contributed by atoms with Gasteiger partial charge in [0.15, 0.2) is 0 Å². The lowest BCUT2D eigenvalue weighted by molar-refractivity contribution is 0.552. The van der Waals surface area contributed by atoms with Crippen LogP contribution in [0.1, 0.15) is 42.8 Å². The molecule has 0 radical (unpaired) electrons. The van der Waals surface area contributed by atoms with Crippen LogP contribution in [0.2, 0.25) is 0 Å². The summed E-state index contributed by atoms with van der Waals surface area (Å²) < 4.78 is 5.40. The van der Waals surface area contributed by atoms with Gasteiger partial charge >= 0.3 is 0 Å². The Kier molecular flexibility index (Phi) is 2.84. The van der Waals surface area contributed by atoms with Crippen molar-refractivity contribution in [1.29, 1.82) is 0 Å². The van der Waals surface area contributed by atoms with Crippen LogP contribution in [0.4, 0.5) is 0 Å². The fourth-order valence-corrected chi connectivity index (χ4v) is 3.11. The number of hydrogen-bond donors (Lipinski definition) is 1. The first-order valence-corrected chi connectivity index (χ1v) is 7.06. The quantitative estimate of drug-likeness (QED) is 0.858. The molecular formula is C11H13N3OS2. The van der Waals surface area contributed by atoms with Crippen molar-refractivity contribution in [2.45, 2.75) is 38.5 Å². The summed E-state index contributed by atoms with van der Waals surface area (Å²) in [5.74, 6) is 1.20. The average molecular weight is 267 g/mol. The molecule has 3 rings (SSSR count). The molecule has 1 fully saturated rings. The SMILES string of the molecule is CCCc1nc(C2CC2)c(-c2n[nH]c(=S)o2)s1. The highest BCUT2D eigenvalue weighted by molar-refractivity contribution is 7.71. The van der Waals surface area contributed by atoms with Crippen LogP contribution in [-0.4, -0.2) is 15.2 Å². The van der Waals surface area contributed by atoms with Crippen molar-refractivity contribution in [2.75, 3.05) is 0 Å². The van der Waals surface area contributed by atoms with Crippen molar-refractivity contribution < 1.29 is 4.42 Å². The number of aromatic amines is 1. The molecule has 0 atom stereocenters. The Morgan fingerprint density at radius 3 is 2.94 bits per heavy atom. The molecule has 2 aromatic heterocycles. The fraction of sp³-hybridized carbons (Fsp3) is 0.545. The topological polar surface area (TPSA) is 54.7 Å². The number of aromatic nitrogens is 3. The van der Waals surface area contributed by atoms with Crippen molar-refractivity contribution in [2.24, 2.45) is 0 Å². The summed E-state index contributed by atoms with van der Waals surface area (Å²) in [6.07, 6.45) is 4.59. The van der Waals surface area contributed by atoms with E-state index in [0.717, 1.165) is 23.4 Å². The van der Waals surface area contributed by atoms with E-state index < -0.39 is 0 Å². The number of H-pyrrole nitrogens is 1. The normalized spacial score (nSPS) is 15.4. The van der Waals surface area contributed by atoms with Gasteiger partial charge < -0.3 is 4.42 Å². The summed E-state index contributed by atoms with van der Waals surface area (Å²) >= 11 is 6.60. The van der Waals surface area contributed by atoms with Gasteiger partial charge in [0.1, 0.15) is 4.88 Å². The number of aryl methyl sites for hydroxylation is 1. The second-order valence-corrected chi connectivity index (χ2v) is 5.72. The van der Waals surface area contributed by atoms with Crippen LogP contribution in [0.15, 0.2) is 4.42 Å². The molecule has 0 spiro atoms. The summed E-state index contributed by atoms with van der Waals surface area (Å²) in [5.41, 5.74) is 1.16. The molecule has 0 bridgehead atoms. The van der Waals surface area contributed by atoms with Crippen molar-refractivity contribution in [3.8, 4) is 10.8 Å². The van der Waals surface area contributed by atoms with Crippen LogP contribution in [0.25, 0.3) is 10.8 Å². The summed E-state index contributed by atoms with van der Waals surface area (Å²) in [7, 11) is 0. The zero-order valence-corrected chi connectivity index (χ0v) is 11.2. The molecule has 2 heterocycles. The number of hydrogen-bond acceptors (Lipinski definition) is 5. The van der Waals surface area contributed by atoms with E-state index in [1.807, 2.05) is 0 Å². The van der Waals surface area contributed by atoms with Crippen molar-refractivity contribution in [3.05, 3.63) is 15.5 Å². The predicted octanol–water partition coefficient (Wildman–Crippen LogP) is 3.69. The number of rotatable bonds is 4. The average Bonchev–Trinajstić information content (AvgIpc) is 2.93. The van der Waals surface area contributed by atoms with Crippen LogP contribution >= 0.6 is 23.6 Å². The highest BCUT2D eigenvalue weighted by Gasteiger charge is 2.31. The molecule has 0 unspecified atom stereocenters.